The Morgan fingerprint density at radius 3 is 2.67 bits per heavy atom. The summed E-state index contributed by atoms with van der Waals surface area (Å²) in [5.74, 6) is -0.0949. The molecule has 2 amide bonds. The van der Waals surface area contributed by atoms with Gasteiger partial charge in [0.1, 0.15) is 0 Å². The standard InChI is InChI=1S/C13H23N3O2/c1-10(11-4-5-11)15(2)12(17)13(18)16-8-3-6-14-7-9-16/h10-11,14H,3-9H2,1-2H3. The van der Waals surface area contributed by atoms with E-state index in [0.717, 1.165) is 19.5 Å². The monoisotopic (exact) mass is 253 g/mol. The van der Waals surface area contributed by atoms with Gasteiger partial charge < -0.3 is 15.1 Å². The van der Waals surface area contributed by atoms with Crippen molar-refractivity contribution in [2.75, 3.05) is 33.2 Å². The minimum atomic E-state index is -0.351. The predicted molar refractivity (Wildman–Crippen MR) is 69.0 cm³/mol. The molecule has 1 atom stereocenters. The van der Waals surface area contributed by atoms with Gasteiger partial charge in [-0.25, -0.2) is 0 Å². The summed E-state index contributed by atoms with van der Waals surface area (Å²) in [6.45, 7) is 5.06. The smallest absolute Gasteiger partial charge is 0.312 e. The Hall–Kier alpha value is -1.10. The number of hydrogen-bond acceptors (Lipinski definition) is 3. The number of amides is 2. The lowest BCUT2D eigenvalue weighted by Crippen LogP contribution is -2.48. The number of carbonyl (C=O) groups excluding carboxylic acids is 2. The Morgan fingerprint density at radius 2 is 2.00 bits per heavy atom. The van der Waals surface area contributed by atoms with E-state index in [-0.39, 0.29) is 17.9 Å². The molecule has 2 rings (SSSR count). The van der Waals surface area contributed by atoms with Crippen LogP contribution in [0.15, 0.2) is 0 Å². The summed E-state index contributed by atoms with van der Waals surface area (Å²) in [5.41, 5.74) is 0. The summed E-state index contributed by atoms with van der Waals surface area (Å²) in [4.78, 5) is 27.6. The van der Waals surface area contributed by atoms with Crippen LogP contribution in [0.1, 0.15) is 26.2 Å². The van der Waals surface area contributed by atoms with Crippen LogP contribution in [0.5, 0.6) is 0 Å². The van der Waals surface area contributed by atoms with E-state index < -0.39 is 0 Å². The number of likely N-dealkylation sites (N-methyl/N-ethyl adjacent to an activating group) is 1. The molecule has 18 heavy (non-hydrogen) atoms. The quantitative estimate of drug-likeness (QED) is 0.708. The number of nitrogens with one attached hydrogen (secondary N) is 1. The first-order valence-corrected chi connectivity index (χ1v) is 6.88. The fourth-order valence-electron chi connectivity index (χ4n) is 2.41. The SMILES string of the molecule is CC(C1CC1)N(C)C(=O)C(=O)N1CCCNCC1. The van der Waals surface area contributed by atoms with E-state index in [2.05, 4.69) is 5.32 Å². The maximum atomic E-state index is 12.1. The molecule has 0 aromatic heterocycles. The molecule has 1 unspecified atom stereocenters. The average molecular weight is 253 g/mol. The van der Waals surface area contributed by atoms with Gasteiger partial charge in [0.05, 0.1) is 0 Å². The molecule has 1 aliphatic carbocycles. The van der Waals surface area contributed by atoms with Gasteiger partial charge in [-0.15, -0.1) is 0 Å². The minimum absolute atomic E-state index is 0.187. The van der Waals surface area contributed by atoms with Gasteiger partial charge in [-0.1, -0.05) is 0 Å². The molecule has 1 saturated carbocycles. The van der Waals surface area contributed by atoms with Crippen molar-refractivity contribution in [3.05, 3.63) is 0 Å². The first-order valence-electron chi connectivity index (χ1n) is 6.88. The molecule has 0 aromatic rings. The molecule has 2 aliphatic rings. The van der Waals surface area contributed by atoms with E-state index in [9.17, 15) is 9.59 Å². The van der Waals surface area contributed by atoms with Crippen LogP contribution in [0, 0.1) is 5.92 Å². The zero-order valence-corrected chi connectivity index (χ0v) is 11.3. The van der Waals surface area contributed by atoms with Gasteiger partial charge >= 0.3 is 11.8 Å². The highest BCUT2D eigenvalue weighted by Crippen LogP contribution is 2.34. The molecule has 0 spiro atoms. The van der Waals surface area contributed by atoms with Crippen molar-refractivity contribution in [1.29, 1.82) is 0 Å². The summed E-state index contributed by atoms with van der Waals surface area (Å²) >= 11 is 0. The van der Waals surface area contributed by atoms with Crippen LogP contribution < -0.4 is 5.32 Å². The zero-order valence-electron chi connectivity index (χ0n) is 11.3. The second kappa shape index (κ2) is 5.69. The molecule has 1 aliphatic heterocycles. The molecule has 102 valence electrons. The Labute approximate surface area is 108 Å². The minimum Gasteiger partial charge on any atom is -0.335 e. The normalized spacial score (nSPS) is 22.2. The predicted octanol–water partition coefficient (Wildman–Crippen LogP) is 0.0652. The molecule has 0 radical (unpaired) electrons. The van der Waals surface area contributed by atoms with Crippen molar-refractivity contribution in [2.24, 2.45) is 5.92 Å². The molecule has 2 fully saturated rings. The molecular formula is C13H23N3O2. The van der Waals surface area contributed by atoms with Crippen LogP contribution in [0.4, 0.5) is 0 Å². The molecule has 1 N–H and O–H groups in total. The van der Waals surface area contributed by atoms with E-state index >= 15 is 0 Å². The Kier molecular flexibility index (Phi) is 4.22. The zero-order chi connectivity index (χ0) is 13.1. The summed E-state index contributed by atoms with van der Waals surface area (Å²) in [7, 11) is 1.75. The van der Waals surface area contributed by atoms with Crippen LogP contribution in [0.25, 0.3) is 0 Å². The number of nitrogens with zero attached hydrogens (tertiary/aromatic N) is 2. The van der Waals surface area contributed by atoms with Crippen molar-refractivity contribution in [3.63, 3.8) is 0 Å². The Morgan fingerprint density at radius 1 is 1.28 bits per heavy atom. The third-order valence-corrected chi connectivity index (χ3v) is 4.05. The van der Waals surface area contributed by atoms with Crippen LogP contribution >= 0.6 is 0 Å². The molecule has 1 heterocycles. The van der Waals surface area contributed by atoms with E-state index in [1.54, 1.807) is 16.8 Å². The van der Waals surface area contributed by atoms with E-state index in [4.69, 9.17) is 0 Å². The van der Waals surface area contributed by atoms with Gasteiger partial charge in [0.2, 0.25) is 0 Å². The number of hydrogen-bond donors (Lipinski definition) is 1. The van der Waals surface area contributed by atoms with Gasteiger partial charge in [-0.3, -0.25) is 9.59 Å². The average Bonchev–Trinajstić information content (AvgIpc) is 3.20. The highest BCUT2D eigenvalue weighted by Gasteiger charge is 2.35. The first-order chi connectivity index (χ1) is 8.61. The van der Waals surface area contributed by atoms with Crippen molar-refractivity contribution in [3.8, 4) is 0 Å². The molecular weight excluding hydrogens is 230 g/mol. The van der Waals surface area contributed by atoms with Crippen LogP contribution in [0.3, 0.4) is 0 Å². The molecule has 0 aromatic carbocycles. The second-order valence-corrected chi connectivity index (χ2v) is 5.39. The topological polar surface area (TPSA) is 52.7 Å². The van der Waals surface area contributed by atoms with Crippen molar-refractivity contribution in [1.82, 2.24) is 15.1 Å². The highest BCUT2D eigenvalue weighted by atomic mass is 16.2. The van der Waals surface area contributed by atoms with E-state index in [1.165, 1.54) is 12.8 Å². The van der Waals surface area contributed by atoms with Crippen LogP contribution in [0.2, 0.25) is 0 Å². The van der Waals surface area contributed by atoms with Gasteiger partial charge in [-0.05, 0) is 38.6 Å². The van der Waals surface area contributed by atoms with Crippen LogP contribution in [-0.4, -0.2) is 60.9 Å². The number of rotatable bonds is 2. The Balaban J connectivity index is 1.91. The maximum absolute atomic E-state index is 12.1. The Bertz CT molecular complexity index is 308. The largest absolute Gasteiger partial charge is 0.335 e. The van der Waals surface area contributed by atoms with Gasteiger partial charge in [0, 0.05) is 32.7 Å². The maximum Gasteiger partial charge on any atom is 0.312 e. The summed E-state index contributed by atoms with van der Waals surface area (Å²) in [5, 5.41) is 3.23. The third-order valence-electron chi connectivity index (χ3n) is 4.05. The van der Waals surface area contributed by atoms with E-state index in [1.807, 2.05) is 6.92 Å². The van der Waals surface area contributed by atoms with Gasteiger partial charge in [0.25, 0.3) is 0 Å². The van der Waals surface area contributed by atoms with Crippen molar-refractivity contribution in [2.45, 2.75) is 32.2 Å². The third kappa shape index (κ3) is 3.02. The van der Waals surface area contributed by atoms with E-state index in [0.29, 0.717) is 19.0 Å². The van der Waals surface area contributed by atoms with Crippen molar-refractivity contribution >= 4 is 11.8 Å². The fourth-order valence-corrected chi connectivity index (χ4v) is 2.41. The second-order valence-electron chi connectivity index (χ2n) is 5.39. The lowest BCUT2D eigenvalue weighted by molar-refractivity contribution is -0.152. The lowest BCUT2D eigenvalue weighted by Gasteiger charge is -2.27. The van der Waals surface area contributed by atoms with Gasteiger partial charge in [0.15, 0.2) is 0 Å². The fraction of sp³-hybridized carbons (Fsp3) is 0.846. The molecule has 1 saturated heterocycles. The first kappa shape index (κ1) is 13.3. The van der Waals surface area contributed by atoms with Crippen molar-refractivity contribution < 1.29 is 9.59 Å². The lowest BCUT2D eigenvalue weighted by atomic mass is 10.2. The summed E-state index contributed by atoms with van der Waals surface area (Å²) < 4.78 is 0. The van der Waals surface area contributed by atoms with Crippen LogP contribution in [-0.2, 0) is 9.59 Å². The number of carbonyl (C=O) groups is 2. The highest BCUT2D eigenvalue weighted by molar-refractivity contribution is 6.34. The van der Waals surface area contributed by atoms with Gasteiger partial charge in [-0.2, -0.15) is 0 Å². The summed E-state index contributed by atoms with van der Waals surface area (Å²) in [6, 6.07) is 0.187. The summed E-state index contributed by atoms with van der Waals surface area (Å²) in [6.07, 6.45) is 3.28. The molecule has 5 nitrogen and oxygen atoms in total. The molecule has 5 heteroatoms. The molecule has 0 bridgehead atoms.